The first kappa shape index (κ1) is 19.2. The smallest absolute Gasteiger partial charge is 0.335 e. The van der Waals surface area contributed by atoms with Crippen LogP contribution in [0.3, 0.4) is 0 Å². The average molecular weight is 383 g/mol. The highest BCUT2D eigenvalue weighted by Crippen LogP contribution is 2.31. The lowest BCUT2D eigenvalue weighted by atomic mass is 10.1. The zero-order valence-corrected chi connectivity index (χ0v) is 15.6. The third-order valence-corrected chi connectivity index (χ3v) is 4.54. The first-order valence-electron chi connectivity index (χ1n) is 8.72. The zero-order chi connectivity index (χ0) is 20.3. The molecule has 2 N–H and O–H groups in total. The van der Waals surface area contributed by atoms with Gasteiger partial charge in [-0.05, 0) is 35.9 Å². The number of ether oxygens (including phenoxy) is 1. The van der Waals surface area contributed by atoms with Crippen LogP contribution >= 0.6 is 0 Å². The number of carboxylic acid groups (broad SMARTS) is 1. The van der Waals surface area contributed by atoms with E-state index in [2.05, 4.69) is 5.32 Å². The Morgan fingerprint density at radius 2 is 1.86 bits per heavy atom. The van der Waals surface area contributed by atoms with Crippen LogP contribution in [0.2, 0.25) is 0 Å². The molecule has 3 rings (SSSR count). The van der Waals surface area contributed by atoms with Crippen molar-refractivity contribution < 1.29 is 24.2 Å². The van der Waals surface area contributed by atoms with Gasteiger partial charge in [-0.25, -0.2) is 9.59 Å². The van der Waals surface area contributed by atoms with Gasteiger partial charge in [0.05, 0.1) is 18.4 Å². The summed E-state index contributed by atoms with van der Waals surface area (Å²) in [5.74, 6) is -0.695. The molecule has 0 unspecified atom stereocenters. The van der Waals surface area contributed by atoms with E-state index in [1.54, 1.807) is 42.3 Å². The van der Waals surface area contributed by atoms with Gasteiger partial charge < -0.3 is 20.1 Å². The standard InChI is InChI=1S/C20H21N3O5/c1-22(12-13-3-5-14(6-4-13)19(25)26)18(24)15-7-8-17(28-2)16(11-15)23-10-9-21-20(23)27/h3-8,11H,9-10,12H2,1-2H3,(H,21,27)(H,25,26). The van der Waals surface area contributed by atoms with E-state index in [9.17, 15) is 14.4 Å². The van der Waals surface area contributed by atoms with Crippen LogP contribution < -0.4 is 15.0 Å². The van der Waals surface area contributed by atoms with Crippen molar-refractivity contribution in [1.29, 1.82) is 0 Å². The maximum absolute atomic E-state index is 12.8. The monoisotopic (exact) mass is 383 g/mol. The molecule has 3 amide bonds. The third kappa shape index (κ3) is 3.90. The molecule has 8 nitrogen and oxygen atoms in total. The summed E-state index contributed by atoms with van der Waals surface area (Å²) in [5.41, 5.74) is 1.98. The van der Waals surface area contributed by atoms with E-state index in [1.165, 1.54) is 24.1 Å². The molecule has 1 fully saturated rings. The first-order chi connectivity index (χ1) is 13.4. The molecule has 28 heavy (non-hydrogen) atoms. The van der Waals surface area contributed by atoms with E-state index in [1.807, 2.05) is 0 Å². The fraction of sp³-hybridized carbons (Fsp3) is 0.250. The molecule has 2 aromatic carbocycles. The molecule has 0 aromatic heterocycles. The van der Waals surface area contributed by atoms with Crippen LogP contribution in [0, 0.1) is 0 Å². The van der Waals surface area contributed by atoms with Gasteiger partial charge in [-0.2, -0.15) is 0 Å². The van der Waals surface area contributed by atoms with E-state index >= 15 is 0 Å². The van der Waals surface area contributed by atoms with Gasteiger partial charge in [0.2, 0.25) is 0 Å². The predicted molar refractivity (Wildman–Crippen MR) is 103 cm³/mol. The lowest BCUT2D eigenvalue weighted by Gasteiger charge is -2.21. The summed E-state index contributed by atoms with van der Waals surface area (Å²) in [4.78, 5) is 38.9. The molecule has 0 saturated carbocycles. The van der Waals surface area contributed by atoms with E-state index in [0.29, 0.717) is 36.6 Å². The van der Waals surface area contributed by atoms with Gasteiger partial charge in [0.25, 0.3) is 5.91 Å². The highest BCUT2D eigenvalue weighted by Gasteiger charge is 2.25. The average Bonchev–Trinajstić information content (AvgIpc) is 3.13. The number of carbonyl (C=O) groups excluding carboxylic acids is 2. The number of benzene rings is 2. The zero-order valence-electron chi connectivity index (χ0n) is 15.6. The molecule has 1 saturated heterocycles. The minimum Gasteiger partial charge on any atom is -0.495 e. The van der Waals surface area contributed by atoms with Crippen molar-refractivity contribution >= 4 is 23.6 Å². The van der Waals surface area contributed by atoms with Crippen molar-refractivity contribution in [3.05, 3.63) is 59.2 Å². The molecule has 1 aliphatic rings. The number of nitrogens with zero attached hydrogens (tertiary/aromatic N) is 2. The molecule has 1 heterocycles. The minimum absolute atomic E-state index is 0.196. The number of methoxy groups -OCH3 is 1. The molecule has 0 atom stereocenters. The Morgan fingerprint density at radius 1 is 1.18 bits per heavy atom. The Kier molecular flexibility index (Phi) is 5.49. The third-order valence-electron chi connectivity index (χ3n) is 4.54. The van der Waals surface area contributed by atoms with Gasteiger partial charge in [-0.1, -0.05) is 12.1 Å². The van der Waals surface area contributed by atoms with E-state index in [-0.39, 0.29) is 17.5 Å². The Labute approximate surface area is 162 Å². The van der Waals surface area contributed by atoms with E-state index < -0.39 is 5.97 Å². The molecule has 146 valence electrons. The number of hydrogen-bond acceptors (Lipinski definition) is 4. The van der Waals surface area contributed by atoms with Crippen LogP contribution in [-0.2, 0) is 6.54 Å². The Bertz CT molecular complexity index is 911. The maximum Gasteiger partial charge on any atom is 0.335 e. The van der Waals surface area contributed by atoms with E-state index in [4.69, 9.17) is 9.84 Å². The maximum atomic E-state index is 12.8. The van der Waals surface area contributed by atoms with Crippen molar-refractivity contribution in [2.45, 2.75) is 6.54 Å². The van der Waals surface area contributed by atoms with Crippen LogP contribution in [0.1, 0.15) is 26.3 Å². The topological polar surface area (TPSA) is 99.2 Å². The largest absolute Gasteiger partial charge is 0.495 e. The molecule has 0 aliphatic carbocycles. The highest BCUT2D eigenvalue weighted by molar-refractivity contribution is 5.99. The Morgan fingerprint density at radius 3 is 2.43 bits per heavy atom. The van der Waals surface area contributed by atoms with Crippen molar-refractivity contribution in [2.24, 2.45) is 0 Å². The summed E-state index contributed by atoms with van der Waals surface area (Å²) in [6.07, 6.45) is 0. The summed E-state index contributed by atoms with van der Waals surface area (Å²) in [6, 6.07) is 11.1. The summed E-state index contributed by atoms with van der Waals surface area (Å²) in [7, 11) is 3.18. The summed E-state index contributed by atoms with van der Waals surface area (Å²) < 4.78 is 5.33. The van der Waals surface area contributed by atoms with Crippen LogP contribution in [-0.4, -0.2) is 55.2 Å². The number of aromatic carboxylic acids is 1. The summed E-state index contributed by atoms with van der Waals surface area (Å²) in [5, 5.41) is 11.7. The summed E-state index contributed by atoms with van der Waals surface area (Å²) >= 11 is 0. The van der Waals surface area contributed by atoms with Gasteiger partial charge in [0, 0.05) is 32.2 Å². The molecule has 0 radical (unpaired) electrons. The van der Waals surface area contributed by atoms with Gasteiger partial charge in [0.1, 0.15) is 5.75 Å². The van der Waals surface area contributed by atoms with Crippen LogP contribution in [0.25, 0.3) is 0 Å². The second-order valence-corrected chi connectivity index (χ2v) is 6.43. The number of carboxylic acids is 1. The second-order valence-electron chi connectivity index (χ2n) is 6.43. The van der Waals surface area contributed by atoms with Gasteiger partial charge in [0.15, 0.2) is 0 Å². The van der Waals surface area contributed by atoms with Crippen LogP contribution in [0.5, 0.6) is 5.75 Å². The molecule has 2 aromatic rings. The van der Waals surface area contributed by atoms with Crippen LogP contribution in [0.15, 0.2) is 42.5 Å². The highest BCUT2D eigenvalue weighted by atomic mass is 16.5. The number of urea groups is 1. The molecule has 1 aliphatic heterocycles. The van der Waals surface area contributed by atoms with Gasteiger partial charge >= 0.3 is 12.0 Å². The number of rotatable bonds is 6. The minimum atomic E-state index is -0.993. The SMILES string of the molecule is COc1ccc(C(=O)N(C)Cc2ccc(C(=O)O)cc2)cc1N1CCNC1=O. The molecular formula is C20H21N3O5. The van der Waals surface area contributed by atoms with E-state index in [0.717, 1.165) is 5.56 Å². The summed E-state index contributed by atoms with van der Waals surface area (Å²) in [6.45, 7) is 1.36. The van der Waals surface area contributed by atoms with Crippen LogP contribution in [0.4, 0.5) is 10.5 Å². The molecule has 8 heteroatoms. The van der Waals surface area contributed by atoms with Gasteiger partial charge in [-0.15, -0.1) is 0 Å². The van der Waals surface area contributed by atoms with Gasteiger partial charge in [-0.3, -0.25) is 9.69 Å². The molecule has 0 spiro atoms. The first-order valence-corrected chi connectivity index (χ1v) is 8.72. The molecular weight excluding hydrogens is 362 g/mol. The Hall–Kier alpha value is -3.55. The lowest BCUT2D eigenvalue weighted by molar-refractivity contribution is 0.0695. The molecule has 0 bridgehead atoms. The number of nitrogens with one attached hydrogen (secondary N) is 1. The van der Waals surface area contributed by atoms with Crippen molar-refractivity contribution in [3.63, 3.8) is 0 Å². The van der Waals surface area contributed by atoms with Crippen molar-refractivity contribution in [2.75, 3.05) is 32.1 Å². The fourth-order valence-electron chi connectivity index (χ4n) is 3.05. The normalized spacial score (nSPS) is 13.2. The number of anilines is 1. The number of amides is 3. The lowest BCUT2D eigenvalue weighted by Crippen LogP contribution is -2.29. The second kappa shape index (κ2) is 7.99. The predicted octanol–water partition coefficient (Wildman–Crippen LogP) is 2.20. The number of carbonyl (C=O) groups is 3. The van der Waals surface area contributed by atoms with Crippen molar-refractivity contribution in [3.8, 4) is 5.75 Å². The van der Waals surface area contributed by atoms with Crippen molar-refractivity contribution in [1.82, 2.24) is 10.2 Å². The number of hydrogen-bond donors (Lipinski definition) is 2. The quantitative estimate of drug-likeness (QED) is 0.797. The fourth-order valence-corrected chi connectivity index (χ4v) is 3.05. The Balaban J connectivity index is 1.79.